The van der Waals surface area contributed by atoms with Gasteiger partial charge in [0.25, 0.3) is 5.91 Å². The van der Waals surface area contributed by atoms with Crippen molar-refractivity contribution in [1.29, 1.82) is 0 Å². The lowest BCUT2D eigenvalue weighted by Crippen LogP contribution is -2.29. The molecule has 1 aromatic carbocycles. The van der Waals surface area contributed by atoms with Crippen molar-refractivity contribution in [2.24, 2.45) is 0 Å². The van der Waals surface area contributed by atoms with Crippen molar-refractivity contribution in [3.63, 3.8) is 0 Å². The molecule has 2 rings (SSSR count). The first-order valence-corrected chi connectivity index (χ1v) is 7.10. The van der Waals surface area contributed by atoms with Crippen LogP contribution in [0.1, 0.15) is 22.2 Å². The zero-order chi connectivity index (χ0) is 13.1. The Morgan fingerprint density at radius 2 is 2.00 bits per heavy atom. The molecule has 18 heavy (non-hydrogen) atoms. The van der Waals surface area contributed by atoms with Crippen LogP contribution in [-0.2, 0) is 0 Å². The summed E-state index contributed by atoms with van der Waals surface area (Å²) in [6.07, 6.45) is 0. The Kier molecular flexibility index (Phi) is 4.09. The van der Waals surface area contributed by atoms with Crippen molar-refractivity contribution >= 4 is 35.6 Å². The summed E-state index contributed by atoms with van der Waals surface area (Å²) in [5.74, 6) is 0.0339. The fourth-order valence-electron chi connectivity index (χ4n) is 1.74. The Labute approximate surface area is 117 Å². The van der Waals surface area contributed by atoms with Gasteiger partial charge in [0.05, 0.1) is 4.88 Å². The summed E-state index contributed by atoms with van der Waals surface area (Å²) in [4.78, 5) is 15.7. The molecule has 0 N–H and O–H groups in total. The van der Waals surface area contributed by atoms with E-state index in [1.807, 2.05) is 49.6 Å². The monoisotopic (exact) mass is 277 g/mol. The van der Waals surface area contributed by atoms with Crippen LogP contribution in [0.25, 0.3) is 0 Å². The Balaban J connectivity index is 2.28. The van der Waals surface area contributed by atoms with Crippen LogP contribution in [0, 0.1) is 6.92 Å². The second kappa shape index (κ2) is 5.59. The van der Waals surface area contributed by atoms with Gasteiger partial charge in [-0.05, 0) is 32.0 Å². The van der Waals surface area contributed by atoms with Crippen LogP contribution in [0.4, 0.5) is 5.69 Å². The summed E-state index contributed by atoms with van der Waals surface area (Å²) in [5, 5.41) is 1.87. The Bertz CT molecular complexity index is 545. The van der Waals surface area contributed by atoms with Gasteiger partial charge >= 0.3 is 0 Å². The van der Waals surface area contributed by atoms with Gasteiger partial charge in [-0.1, -0.05) is 17.7 Å². The summed E-state index contributed by atoms with van der Waals surface area (Å²) in [6, 6.07) is 9.80. The fourth-order valence-corrected chi connectivity index (χ4v) is 2.84. The molecule has 0 radical (unpaired) electrons. The number of benzene rings is 1. The van der Waals surface area contributed by atoms with Gasteiger partial charge in [-0.3, -0.25) is 4.79 Å². The second-order valence-corrected chi connectivity index (χ2v) is 5.48. The molecule has 0 bridgehead atoms. The zero-order valence-corrected chi connectivity index (χ0v) is 12.1. The number of thiol groups is 1. The van der Waals surface area contributed by atoms with Crippen LogP contribution in [0.5, 0.6) is 0 Å². The molecule has 2 aromatic rings. The van der Waals surface area contributed by atoms with Crippen molar-refractivity contribution in [3.05, 3.63) is 46.2 Å². The molecule has 0 saturated heterocycles. The maximum absolute atomic E-state index is 12.4. The van der Waals surface area contributed by atoms with E-state index in [4.69, 9.17) is 0 Å². The van der Waals surface area contributed by atoms with E-state index in [9.17, 15) is 4.79 Å². The molecule has 1 heterocycles. The first-order valence-electron chi connectivity index (χ1n) is 5.78. The molecule has 0 aliphatic heterocycles. The van der Waals surface area contributed by atoms with Crippen LogP contribution in [0.2, 0.25) is 0 Å². The summed E-state index contributed by atoms with van der Waals surface area (Å²) in [5.41, 5.74) is 2.12. The first kappa shape index (κ1) is 13.2. The van der Waals surface area contributed by atoms with E-state index in [0.717, 1.165) is 15.5 Å². The quantitative estimate of drug-likeness (QED) is 0.840. The number of rotatable bonds is 3. The van der Waals surface area contributed by atoms with Gasteiger partial charge in [0, 0.05) is 22.5 Å². The number of nitrogens with zero attached hydrogens (tertiary/aromatic N) is 1. The average Bonchev–Trinajstić information content (AvgIpc) is 2.79. The molecule has 1 aromatic heterocycles. The van der Waals surface area contributed by atoms with E-state index in [2.05, 4.69) is 12.6 Å². The smallest absolute Gasteiger partial charge is 0.268 e. The van der Waals surface area contributed by atoms with Crippen LogP contribution < -0.4 is 4.90 Å². The number of carbonyl (C=O) groups excluding carboxylic acids is 1. The summed E-state index contributed by atoms with van der Waals surface area (Å²) < 4.78 is 0. The SMILES string of the molecule is CCN(C(=O)c1cc(S)cs1)c1ccc(C)cc1. The minimum Gasteiger partial charge on any atom is -0.308 e. The summed E-state index contributed by atoms with van der Waals surface area (Å²) >= 11 is 5.67. The van der Waals surface area contributed by atoms with Crippen LogP contribution >= 0.6 is 24.0 Å². The lowest BCUT2D eigenvalue weighted by Gasteiger charge is -2.20. The van der Waals surface area contributed by atoms with Gasteiger partial charge in [-0.2, -0.15) is 0 Å². The fraction of sp³-hybridized carbons (Fsp3) is 0.214. The van der Waals surface area contributed by atoms with E-state index >= 15 is 0 Å². The van der Waals surface area contributed by atoms with Crippen LogP contribution in [0.3, 0.4) is 0 Å². The number of carbonyl (C=O) groups is 1. The van der Waals surface area contributed by atoms with Gasteiger partial charge in [-0.15, -0.1) is 24.0 Å². The molecule has 4 heteroatoms. The molecule has 0 fully saturated rings. The predicted molar refractivity (Wildman–Crippen MR) is 80.1 cm³/mol. The first-order chi connectivity index (χ1) is 8.61. The van der Waals surface area contributed by atoms with E-state index in [0.29, 0.717) is 6.54 Å². The number of anilines is 1. The van der Waals surface area contributed by atoms with Gasteiger partial charge in [0.2, 0.25) is 0 Å². The third-order valence-electron chi connectivity index (χ3n) is 2.70. The highest BCUT2D eigenvalue weighted by atomic mass is 32.1. The topological polar surface area (TPSA) is 20.3 Å². The van der Waals surface area contributed by atoms with Crippen LogP contribution in [-0.4, -0.2) is 12.5 Å². The lowest BCUT2D eigenvalue weighted by atomic mass is 10.2. The number of aryl methyl sites for hydroxylation is 1. The molecular formula is C14H15NOS2. The maximum atomic E-state index is 12.4. The van der Waals surface area contributed by atoms with Crippen molar-refractivity contribution in [3.8, 4) is 0 Å². The molecule has 0 saturated carbocycles. The lowest BCUT2D eigenvalue weighted by molar-refractivity contribution is 0.0992. The molecule has 0 aliphatic rings. The Morgan fingerprint density at radius 3 is 2.50 bits per heavy atom. The number of amides is 1. The third-order valence-corrected chi connectivity index (χ3v) is 4.05. The van der Waals surface area contributed by atoms with Crippen molar-refractivity contribution < 1.29 is 4.79 Å². The Hall–Kier alpha value is -1.26. The van der Waals surface area contributed by atoms with E-state index < -0.39 is 0 Å². The van der Waals surface area contributed by atoms with Gasteiger partial charge in [-0.25, -0.2) is 0 Å². The van der Waals surface area contributed by atoms with Crippen molar-refractivity contribution in [2.45, 2.75) is 18.7 Å². The minimum absolute atomic E-state index is 0.0339. The van der Waals surface area contributed by atoms with Gasteiger partial charge < -0.3 is 4.90 Å². The predicted octanol–water partition coefficient (Wildman–Crippen LogP) is 4.01. The minimum atomic E-state index is 0.0339. The second-order valence-electron chi connectivity index (χ2n) is 4.05. The number of thiophene rings is 1. The van der Waals surface area contributed by atoms with Crippen molar-refractivity contribution in [1.82, 2.24) is 0 Å². The van der Waals surface area contributed by atoms with E-state index in [-0.39, 0.29) is 5.91 Å². The average molecular weight is 277 g/mol. The molecule has 94 valence electrons. The Morgan fingerprint density at radius 1 is 1.33 bits per heavy atom. The summed E-state index contributed by atoms with van der Waals surface area (Å²) in [6.45, 7) is 4.67. The molecule has 0 atom stereocenters. The molecule has 2 nitrogen and oxygen atoms in total. The highest BCUT2D eigenvalue weighted by molar-refractivity contribution is 7.80. The molecule has 1 amide bonds. The van der Waals surface area contributed by atoms with Gasteiger partial charge in [0.15, 0.2) is 0 Å². The van der Waals surface area contributed by atoms with Crippen molar-refractivity contribution in [2.75, 3.05) is 11.4 Å². The van der Waals surface area contributed by atoms with Crippen LogP contribution in [0.15, 0.2) is 40.6 Å². The van der Waals surface area contributed by atoms with Gasteiger partial charge in [0.1, 0.15) is 0 Å². The largest absolute Gasteiger partial charge is 0.308 e. The molecular weight excluding hydrogens is 262 g/mol. The normalized spacial score (nSPS) is 10.4. The molecule has 0 aliphatic carbocycles. The molecule has 0 unspecified atom stereocenters. The highest BCUT2D eigenvalue weighted by Gasteiger charge is 2.17. The molecule has 0 spiro atoms. The third kappa shape index (κ3) is 2.76. The highest BCUT2D eigenvalue weighted by Crippen LogP contribution is 2.23. The number of hydrogen-bond acceptors (Lipinski definition) is 3. The van der Waals surface area contributed by atoms with E-state index in [1.165, 1.54) is 16.9 Å². The maximum Gasteiger partial charge on any atom is 0.268 e. The standard InChI is InChI=1S/C14H15NOS2/c1-3-15(11-6-4-10(2)5-7-11)14(16)13-8-12(17)9-18-13/h4-9,17H,3H2,1-2H3. The number of hydrogen-bond donors (Lipinski definition) is 1. The summed E-state index contributed by atoms with van der Waals surface area (Å²) in [7, 11) is 0. The zero-order valence-electron chi connectivity index (χ0n) is 10.4. The van der Waals surface area contributed by atoms with E-state index in [1.54, 1.807) is 4.90 Å².